The largest absolute Gasteiger partial charge is 0.325 e. The summed E-state index contributed by atoms with van der Waals surface area (Å²) in [6.45, 7) is 7.54. The topological polar surface area (TPSA) is 93.1 Å². The fraction of sp³-hybridized carbons (Fsp3) is 0.241. The molecule has 0 spiro atoms. The molecule has 2 N–H and O–H groups in total. The smallest absolute Gasteiger partial charge is 0.278 e. The second-order valence-electron chi connectivity index (χ2n) is 8.84. The molecule has 0 aliphatic rings. The van der Waals surface area contributed by atoms with Crippen LogP contribution in [-0.2, 0) is 22.6 Å². The van der Waals surface area contributed by atoms with Crippen LogP contribution in [0.4, 0.5) is 11.4 Å². The van der Waals surface area contributed by atoms with Crippen LogP contribution >= 0.6 is 0 Å². The van der Waals surface area contributed by atoms with Gasteiger partial charge in [-0.25, -0.2) is 4.98 Å². The zero-order valence-corrected chi connectivity index (χ0v) is 21.0. The molecule has 0 radical (unpaired) electrons. The standard InChI is InChI=1S/C29H30N4O3/c1-5-20-12-14-23(31-26(34)6-2)21(16-20)28-29(36)33(25-10-8-7-9-24(25)32-28)17-27(35)30-22-13-11-18(3)15-19(22)4/h7-16H,5-6,17H2,1-4H3,(H,30,35)(H,31,34). The van der Waals surface area contributed by atoms with E-state index in [1.54, 1.807) is 19.1 Å². The molecule has 2 amide bonds. The van der Waals surface area contributed by atoms with Crippen molar-refractivity contribution in [2.45, 2.75) is 47.1 Å². The zero-order chi connectivity index (χ0) is 25.8. The van der Waals surface area contributed by atoms with Gasteiger partial charge in [0.2, 0.25) is 11.8 Å². The van der Waals surface area contributed by atoms with Crippen molar-refractivity contribution >= 4 is 34.2 Å². The predicted octanol–water partition coefficient (Wildman–Crippen LogP) is 5.23. The summed E-state index contributed by atoms with van der Waals surface area (Å²) in [5.74, 6) is -0.470. The molecule has 0 saturated heterocycles. The molecule has 3 aromatic carbocycles. The number of aromatic nitrogens is 2. The number of nitrogens with one attached hydrogen (secondary N) is 2. The molecule has 1 aromatic heterocycles. The lowest BCUT2D eigenvalue weighted by Gasteiger charge is -2.16. The van der Waals surface area contributed by atoms with Crippen molar-refractivity contribution in [3.63, 3.8) is 0 Å². The lowest BCUT2D eigenvalue weighted by atomic mass is 10.0. The number of nitrogens with zero attached hydrogens (tertiary/aromatic N) is 2. The maximum atomic E-state index is 13.8. The van der Waals surface area contributed by atoms with Gasteiger partial charge in [-0.1, -0.05) is 49.7 Å². The van der Waals surface area contributed by atoms with E-state index in [4.69, 9.17) is 0 Å². The Morgan fingerprint density at radius 2 is 1.61 bits per heavy atom. The van der Waals surface area contributed by atoms with Crippen molar-refractivity contribution in [2.24, 2.45) is 0 Å². The quantitative estimate of drug-likeness (QED) is 0.377. The fourth-order valence-electron chi connectivity index (χ4n) is 4.17. The maximum Gasteiger partial charge on any atom is 0.278 e. The van der Waals surface area contributed by atoms with Gasteiger partial charge in [-0.05, 0) is 61.7 Å². The van der Waals surface area contributed by atoms with Gasteiger partial charge in [0.15, 0.2) is 0 Å². The van der Waals surface area contributed by atoms with Crippen molar-refractivity contribution in [3.8, 4) is 11.3 Å². The zero-order valence-electron chi connectivity index (χ0n) is 21.0. The van der Waals surface area contributed by atoms with Crippen LogP contribution in [0.2, 0.25) is 0 Å². The molecule has 36 heavy (non-hydrogen) atoms. The van der Waals surface area contributed by atoms with E-state index >= 15 is 0 Å². The first-order valence-electron chi connectivity index (χ1n) is 12.1. The first-order valence-corrected chi connectivity index (χ1v) is 12.1. The molecule has 4 rings (SSSR count). The van der Waals surface area contributed by atoms with Gasteiger partial charge in [0.25, 0.3) is 5.56 Å². The number of anilines is 2. The number of para-hydroxylation sites is 2. The lowest BCUT2D eigenvalue weighted by molar-refractivity contribution is -0.117. The molecule has 0 aliphatic carbocycles. The van der Waals surface area contributed by atoms with E-state index in [9.17, 15) is 14.4 Å². The Bertz CT molecular complexity index is 1520. The summed E-state index contributed by atoms with van der Waals surface area (Å²) in [6, 6.07) is 18.6. The Hall–Kier alpha value is -4.26. The summed E-state index contributed by atoms with van der Waals surface area (Å²) < 4.78 is 1.45. The van der Waals surface area contributed by atoms with Crippen LogP contribution in [0.3, 0.4) is 0 Å². The first-order chi connectivity index (χ1) is 17.3. The van der Waals surface area contributed by atoms with E-state index in [1.165, 1.54) is 4.57 Å². The highest BCUT2D eigenvalue weighted by molar-refractivity contribution is 5.96. The van der Waals surface area contributed by atoms with Crippen molar-refractivity contribution in [1.29, 1.82) is 0 Å². The Kier molecular flexibility index (Phi) is 7.29. The summed E-state index contributed by atoms with van der Waals surface area (Å²) in [6.07, 6.45) is 1.07. The Morgan fingerprint density at radius 1 is 0.889 bits per heavy atom. The molecule has 0 unspecified atom stereocenters. The highest BCUT2D eigenvalue weighted by atomic mass is 16.2. The number of hydrogen-bond acceptors (Lipinski definition) is 4. The third kappa shape index (κ3) is 5.20. The minimum atomic E-state index is -0.398. The number of carbonyl (C=O) groups is 2. The molecular weight excluding hydrogens is 452 g/mol. The Labute approximate surface area is 210 Å². The Morgan fingerprint density at radius 3 is 2.33 bits per heavy atom. The minimum Gasteiger partial charge on any atom is -0.325 e. The van der Waals surface area contributed by atoms with Crippen LogP contribution in [0.15, 0.2) is 65.5 Å². The number of fused-ring (bicyclic) bond motifs is 1. The third-order valence-electron chi connectivity index (χ3n) is 6.15. The van der Waals surface area contributed by atoms with Gasteiger partial charge >= 0.3 is 0 Å². The normalized spacial score (nSPS) is 10.9. The van der Waals surface area contributed by atoms with Crippen LogP contribution in [-0.4, -0.2) is 21.4 Å². The molecular formula is C29H30N4O3. The second kappa shape index (κ2) is 10.6. The molecule has 0 saturated carbocycles. The van der Waals surface area contributed by atoms with Crippen molar-refractivity contribution in [1.82, 2.24) is 9.55 Å². The number of benzene rings is 3. The number of rotatable bonds is 7. The summed E-state index contributed by atoms with van der Waals surface area (Å²) in [5.41, 5.74) is 5.76. The average Bonchev–Trinajstić information content (AvgIpc) is 2.87. The summed E-state index contributed by atoms with van der Waals surface area (Å²) in [5, 5.41) is 5.81. The molecule has 1 heterocycles. The van der Waals surface area contributed by atoms with Crippen molar-refractivity contribution < 1.29 is 9.59 Å². The van der Waals surface area contributed by atoms with Crippen LogP contribution in [0.5, 0.6) is 0 Å². The number of aryl methyl sites for hydroxylation is 3. The molecule has 0 atom stereocenters. The van der Waals surface area contributed by atoms with Gasteiger partial charge < -0.3 is 10.6 Å². The van der Waals surface area contributed by atoms with Gasteiger partial charge in [-0.3, -0.25) is 19.0 Å². The van der Waals surface area contributed by atoms with E-state index < -0.39 is 5.56 Å². The van der Waals surface area contributed by atoms with Crippen LogP contribution < -0.4 is 16.2 Å². The molecule has 0 fully saturated rings. The van der Waals surface area contributed by atoms with Gasteiger partial charge in [0.05, 0.1) is 16.7 Å². The van der Waals surface area contributed by atoms with Crippen LogP contribution in [0.1, 0.15) is 37.0 Å². The van der Waals surface area contributed by atoms with E-state index in [1.807, 2.05) is 69.3 Å². The van der Waals surface area contributed by atoms with Gasteiger partial charge in [0, 0.05) is 17.7 Å². The van der Waals surface area contributed by atoms with E-state index in [2.05, 4.69) is 15.6 Å². The van der Waals surface area contributed by atoms with Gasteiger partial charge in [0.1, 0.15) is 12.2 Å². The monoisotopic (exact) mass is 482 g/mol. The van der Waals surface area contributed by atoms with Crippen LogP contribution in [0, 0.1) is 13.8 Å². The van der Waals surface area contributed by atoms with Gasteiger partial charge in [-0.15, -0.1) is 0 Å². The highest BCUT2D eigenvalue weighted by Crippen LogP contribution is 2.28. The minimum absolute atomic E-state index is 0.158. The molecule has 4 aromatic rings. The molecule has 0 bridgehead atoms. The summed E-state index contributed by atoms with van der Waals surface area (Å²) >= 11 is 0. The maximum absolute atomic E-state index is 13.8. The molecule has 7 nitrogen and oxygen atoms in total. The number of carbonyl (C=O) groups excluding carboxylic acids is 2. The molecule has 0 aliphatic heterocycles. The fourth-order valence-corrected chi connectivity index (χ4v) is 4.17. The van der Waals surface area contributed by atoms with Gasteiger partial charge in [-0.2, -0.15) is 0 Å². The van der Waals surface area contributed by atoms with E-state index in [0.717, 1.165) is 23.1 Å². The third-order valence-corrected chi connectivity index (χ3v) is 6.15. The van der Waals surface area contributed by atoms with Crippen molar-refractivity contribution in [3.05, 3.63) is 87.7 Å². The highest BCUT2D eigenvalue weighted by Gasteiger charge is 2.19. The summed E-state index contributed by atoms with van der Waals surface area (Å²) in [4.78, 5) is 43.7. The summed E-state index contributed by atoms with van der Waals surface area (Å²) in [7, 11) is 0. The first kappa shape index (κ1) is 24.9. The SMILES string of the molecule is CCC(=O)Nc1ccc(CC)cc1-c1nc2ccccc2n(CC(=O)Nc2ccc(C)cc2C)c1=O. The van der Waals surface area contributed by atoms with E-state index in [-0.39, 0.29) is 24.1 Å². The number of hydrogen-bond donors (Lipinski definition) is 2. The number of amides is 2. The predicted molar refractivity (Wildman–Crippen MR) is 144 cm³/mol. The van der Waals surface area contributed by atoms with E-state index in [0.29, 0.717) is 34.4 Å². The average molecular weight is 483 g/mol. The van der Waals surface area contributed by atoms with Crippen LogP contribution in [0.25, 0.3) is 22.3 Å². The molecule has 7 heteroatoms. The Balaban J connectivity index is 1.82. The lowest BCUT2D eigenvalue weighted by Crippen LogP contribution is -2.30. The second-order valence-corrected chi connectivity index (χ2v) is 8.84. The van der Waals surface area contributed by atoms with Crippen molar-refractivity contribution in [2.75, 3.05) is 10.6 Å². The molecule has 184 valence electrons.